The van der Waals surface area contributed by atoms with E-state index in [1.54, 1.807) is 12.4 Å². The van der Waals surface area contributed by atoms with E-state index < -0.39 is 0 Å². The van der Waals surface area contributed by atoms with Crippen molar-refractivity contribution in [3.05, 3.63) is 18.2 Å². The molecule has 0 atom stereocenters. The Morgan fingerprint density at radius 2 is 2.33 bits per heavy atom. The van der Waals surface area contributed by atoms with Crippen molar-refractivity contribution in [1.29, 1.82) is 0 Å². The Morgan fingerprint density at radius 1 is 1.56 bits per heavy atom. The fourth-order valence-corrected chi connectivity index (χ4v) is 0.712. The van der Waals surface area contributed by atoms with Gasteiger partial charge in [-0.1, -0.05) is 10.1 Å². The van der Waals surface area contributed by atoms with Crippen molar-refractivity contribution in [3.63, 3.8) is 0 Å². The van der Waals surface area contributed by atoms with Gasteiger partial charge in [0, 0.05) is 6.92 Å². The highest BCUT2D eigenvalue weighted by molar-refractivity contribution is 4.67. The lowest BCUT2D eigenvalue weighted by Gasteiger charge is -1.90. The lowest BCUT2D eigenvalue weighted by molar-refractivity contribution is -0.759. The van der Waals surface area contributed by atoms with Crippen LogP contribution in [-0.2, 0) is 6.54 Å². The molecule has 0 unspecified atom stereocenters. The number of hydrogen-bond donors (Lipinski definition) is 0. The number of nitrogens with zero attached hydrogens (tertiary/aromatic N) is 3. The van der Waals surface area contributed by atoms with Gasteiger partial charge in [0.1, 0.15) is 12.7 Å². The maximum atomic E-state index is 4.05. The fraction of sp³-hybridized carbons (Fsp3) is 0.500. The summed E-state index contributed by atoms with van der Waals surface area (Å²) in [5.41, 5.74) is 0. The van der Waals surface area contributed by atoms with Crippen LogP contribution in [-0.4, -0.2) is 10.1 Å². The average molecular weight is 124 g/mol. The second-order valence-electron chi connectivity index (χ2n) is 1.81. The zero-order valence-electron chi connectivity index (χ0n) is 5.70. The van der Waals surface area contributed by atoms with Crippen molar-refractivity contribution < 1.29 is 4.68 Å². The molecule has 0 saturated carbocycles. The van der Waals surface area contributed by atoms with Crippen LogP contribution in [0.4, 0.5) is 0 Å². The molecule has 1 rings (SSSR count). The second-order valence-corrected chi connectivity index (χ2v) is 1.81. The fourth-order valence-electron chi connectivity index (χ4n) is 0.712. The lowest BCUT2D eigenvalue weighted by Crippen LogP contribution is -2.40. The maximum Gasteiger partial charge on any atom is 0.315 e. The molecule has 0 spiro atoms. The molecule has 0 aromatic carbocycles. The Bertz CT molecular complexity index is 197. The lowest BCUT2D eigenvalue weighted by atomic mass is 10.6. The standard InChI is InChI=1S/C6H10N3/c1-3-9-6(2)7-4-5-8-9/h4-5H,3H2,1-2H3/q+1. The summed E-state index contributed by atoms with van der Waals surface area (Å²) in [6.45, 7) is 4.87. The molecule has 0 amide bonds. The molecular weight excluding hydrogens is 114 g/mol. The van der Waals surface area contributed by atoms with Crippen molar-refractivity contribution in [2.75, 3.05) is 0 Å². The van der Waals surface area contributed by atoms with Crippen LogP contribution < -0.4 is 4.68 Å². The molecule has 0 saturated heterocycles. The third-order valence-corrected chi connectivity index (χ3v) is 1.21. The number of rotatable bonds is 1. The molecule has 0 bridgehead atoms. The molecular formula is C6H10N3+. The Morgan fingerprint density at radius 3 is 2.78 bits per heavy atom. The predicted molar refractivity (Wildman–Crippen MR) is 32.6 cm³/mol. The zero-order chi connectivity index (χ0) is 6.69. The molecule has 1 heterocycles. The summed E-state index contributed by atoms with van der Waals surface area (Å²) in [7, 11) is 0. The smallest absolute Gasteiger partial charge is 0.135 e. The monoisotopic (exact) mass is 124 g/mol. The van der Waals surface area contributed by atoms with Crippen LogP contribution in [0.3, 0.4) is 0 Å². The van der Waals surface area contributed by atoms with Gasteiger partial charge in [-0.2, -0.15) is 0 Å². The SMILES string of the molecule is CC[n+]1nccnc1C. The van der Waals surface area contributed by atoms with Gasteiger partial charge in [-0.3, -0.25) is 0 Å². The minimum absolute atomic E-state index is 0.889. The molecule has 9 heavy (non-hydrogen) atoms. The topological polar surface area (TPSA) is 29.7 Å². The first-order chi connectivity index (χ1) is 4.34. The van der Waals surface area contributed by atoms with E-state index in [0.717, 1.165) is 12.4 Å². The summed E-state index contributed by atoms with van der Waals surface area (Å²) in [6, 6.07) is 0. The summed E-state index contributed by atoms with van der Waals surface area (Å²) in [5.74, 6) is 0.958. The van der Waals surface area contributed by atoms with Crippen LogP contribution >= 0.6 is 0 Å². The predicted octanol–water partition coefficient (Wildman–Crippen LogP) is 0.0924. The molecule has 48 valence electrons. The highest BCUT2D eigenvalue weighted by Crippen LogP contribution is 1.75. The van der Waals surface area contributed by atoms with E-state index in [-0.39, 0.29) is 0 Å². The van der Waals surface area contributed by atoms with Crippen LogP contribution in [0.25, 0.3) is 0 Å². The van der Waals surface area contributed by atoms with Gasteiger partial charge < -0.3 is 0 Å². The third-order valence-electron chi connectivity index (χ3n) is 1.21. The van der Waals surface area contributed by atoms with Gasteiger partial charge in [-0.05, 0) is 6.92 Å². The van der Waals surface area contributed by atoms with Crippen LogP contribution in [0.15, 0.2) is 12.4 Å². The molecule has 3 nitrogen and oxygen atoms in total. The van der Waals surface area contributed by atoms with Crippen molar-refractivity contribution in [2.45, 2.75) is 20.4 Å². The number of aromatic nitrogens is 3. The highest BCUT2D eigenvalue weighted by atomic mass is 15.3. The summed E-state index contributed by atoms with van der Waals surface area (Å²) in [4.78, 5) is 4.05. The van der Waals surface area contributed by atoms with Crippen molar-refractivity contribution in [3.8, 4) is 0 Å². The van der Waals surface area contributed by atoms with Gasteiger partial charge >= 0.3 is 5.82 Å². The molecule has 0 aliphatic rings. The van der Waals surface area contributed by atoms with Crippen LogP contribution in [0, 0.1) is 6.92 Å². The first kappa shape index (κ1) is 6.13. The van der Waals surface area contributed by atoms with Crippen LogP contribution in [0.5, 0.6) is 0 Å². The molecule has 1 aromatic heterocycles. The zero-order valence-corrected chi connectivity index (χ0v) is 5.70. The molecule has 1 aromatic rings. The Labute approximate surface area is 54.4 Å². The minimum atomic E-state index is 0.889. The van der Waals surface area contributed by atoms with Gasteiger partial charge in [-0.25, -0.2) is 0 Å². The average Bonchev–Trinajstić information content (AvgIpc) is 1.89. The Balaban J connectivity index is 3.01. The van der Waals surface area contributed by atoms with E-state index in [4.69, 9.17) is 0 Å². The van der Waals surface area contributed by atoms with Gasteiger partial charge in [-0.15, -0.1) is 4.68 Å². The summed E-state index contributed by atoms with van der Waals surface area (Å²) < 4.78 is 1.85. The van der Waals surface area contributed by atoms with Crippen LogP contribution in [0.2, 0.25) is 0 Å². The van der Waals surface area contributed by atoms with E-state index >= 15 is 0 Å². The summed E-state index contributed by atoms with van der Waals surface area (Å²) >= 11 is 0. The number of hydrogen-bond acceptors (Lipinski definition) is 2. The largest absolute Gasteiger partial charge is 0.315 e. The summed E-state index contributed by atoms with van der Waals surface area (Å²) in [5, 5.41) is 4.05. The Hall–Kier alpha value is -0.990. The molecule has 3 heteroatoms. The van der Waals surface area contributed by atoms with Crippen molar-refractivity contribution in [1.82, 2.24) is 10.1 Å². The minimum Gasteiger partial charge on any atom is -0.135 e. The number of aryl methyl sites for hydroxylation is 2. The van der Waals surface area contributed by atoms with Crippen LogP contribution in [0.1, 0.15) is 12.7 Å². The molecule has 0 aliphatic carbocycles. The Kier molecular flexibility index (Phi) is 1.72. The molecule has 0 radical (unpaired) electrons. The third kappa shape index (κ3) is 1.22. The molecule has 0 fully saturated rings. The van der Waals surface area contributed by atoms with E-state index in [9.17, 15) is 0 Å². The van der Waals surface area contributed by atoms with Gasteiger partial charge in [0.15, 0.2) is 6.20 Å². The first-order valence-corrected chi connectivity index (χ1v) is 3.02. The normalized spacial score (nSPS) is 9.56. The van der Waals surface area contributed by atoms with Gasteiger partial charge in [0.2, 0.25) is 0 Å². The quantitative estimate of drug-likeness (QED) is 0.497. The van der Waals surface area contributed by atoms with Crippen molar-refractivity contribution >= 4 is 0 Å². The van der Waals surface area contributed by atoms with Crippen molar-refractivity contribution in [2.24, 2.45) is 0 Å². The highest BCUT2D eigenvalue weighted by Gasteiger charge is 2.00. The van der Waals surface area contributed by atoms with E-state index in [2.05, 4.69) is 10.1 Å². The van der Waals surface area contributed by atoms with Gasteiger partial charge in [0.05, 0.1) is 0 Å². The first-order valence-electron chi connectivity index (χ1n) is 3.02. The van der Waals surface area contributed by atoms with Gasteiger partial charge in [0.25, 0.3) is 0 Å². The second kappa shape index (κ2) is 2.53. The van der Waals surface area contributed by atoms with E-state index in [0.29, 0.717) is 0 Å². The maximum absolute atomic E-state index is 4.05. The summed E-state index contributed by atoms with van der Waals surface area (Å²) in [6.07, 6.45) is 3.39. The van der Waals surface area contributed by atoms with E-state index in [1.807, 2.05) is 18.5 Å². The molecule has 0 aliphatic heterocycles. The van der Waals surface area contributed by atoms with E-state index in [1.165, 1.54) is 0 Å². The molecule has 0 N–H and O–H groups in total.